The number of likely N-dealkylation sites (tertiary alicyclic amines) is 1. The van der Waals surface area contributed by atoms with Gasteiger partial charge in [0, 0.05) is 31.1 Å². The number of para-hydroxylation sites is 1. The van der Waals surface area contributed by atoms with Crippen molar-refractivity contribution in [1.82, 2.24) is 15.1 Å². The van der Waals surface area contributed by atoms with Crippen LogP contribution < -0.4 is 5.32 Å². The summed E-state index contributed by atoms with van der Waals surface area (Å²) in [4.78, 5) is 14.7. The van der Waals surface area contributed by atoms with Crippen LogP contribution in [0.15, 0.2) is 58.0 Å². The lowest BCUT2D eigenvalue weighted by Gasteiger charge is -2.17. The number of carbonyl (C=O) groups is 1. The third-order valence-electron chi connectivity index (χ3n) is 5.17. The minimum Gasteiger partial charge on any atom is -0.362 e. The zero-order chi connectivity index (χ0) is 21.1. The highest BCUT2D eigenvalue weighted by Gasteiger charge is 2.19. The molecule has 4 rings (SSSR count). The van der Waals surface area contributed by atoms with Crippen LogP contribution in [0.2, 0.25) is 0 Å². The molecule has 2 aromatic carbocycles. The smallest absolute Gasteiger partial charge is 0.284 e. The zero-order valence-corrected chi connectivity index (χ0v) is 17.4. The number of amidine groups is 1. The Morgan fingerprint density at radius 2 is 2.00 bits per heavy atom. The van der Waals surface area contributed by atoms with Crippen LogP contribution in [0.25, 0.3) is 10.9 Å². The number of fused-ring (bicyclic) bond motifs is 1. The fourth-order valence-corrected chi connectivity index (χ4v) is 4.67. The number of H-pyrrole nitrogens is 1. The van der Waals surface area contributed by atoms with Crippen molar-refractivity contribution in [2.24, 2.45) is 4.40 Å². The maximum Gasteiger partial charge on any atom is 0.284 e. The van der Waals surface area contributed by atoms with Gasteiger partial charge in [-0.15, -0.1) is 4.40 Å². The zero-order valence-electron chi connectivity index (χ0n) is 16.6. The Labute approximate surface area is 175 Å². The molecule has 1 amide bonds. The maximum absolute atomic E-state index is 12.9. The van der Waals surface area contributed by atoms with Crippen molar-refractivity contribution in [2.75, 3.05) is 18.9 Å². The summed E-state index contributed by atoms with van der Waals surface area (Å²) in [5, 5.41) is 10.4. The molecule has 1 aliphatic rings. The van der Waals surface area contributed by atoms with Gasteiger partial charge in [-0.2, -0.15) is 13.5 Å². The van der Waals surface area contributed by atoms with Gasteiger partial charge in [-0.1, -0.05) is 24.6 Å². The van der Waals surface area contributed by atoms with Crippen LogP contribution >= 0.6 is 0 Å². The van der Waals surface area contributed by atoms with Crippen LogP contribution in [0.4, 0.5) is 5.69 Å². The first-order valence-corrected chi connectivity index (χ1v) is 11.3. The summed E-state index contributed by atoms with van der Waals surface area (Å²) in [6.45, 7) is 0.795. The van der Waals surface area contributed by atoms with E-state index in [9.17, 15) is 13.2 Å². The van der Waals surface area contributed by atoms with E-state index in [-0.39, 0.29) is 10.8 Å². The predicted molar refractivity (Wildman–Crippen MR) is 116 cm³/mol. The number of carbonyl (C=O) groups excluding carboxylic acids is 1. The molecule has 30 heavy (non-hydrogen) atoms. The Bertz CT molecular complexity index is 1220. The monoisotopic (exact) mass is 425 g/mol. The van der Waals surface area contributed by atoms with Crippen molar-refractivity contribution < 1.29 is 13.2 Å². The van der Waals surface area contributed by atoms with Gasteiger partial charge in [-0.05, 0) is 37.1 Å². The summed E-state index contributed by atoms with van der Waals surface area (Å²) in [5.41, 5.74) is 1.44. The van der Waals surface area contributed by atoms with Gasteiger partial charge >= 0.3 is 0 Å². The van der Waals surface area contributed by atoms with Crippen molar-refractivity contribution in [3.05, 3.63) is 54.2 Å². The van der Waals surface area contributed by atoms with Crippen molar-refractivity contribution in [2.45, 2.75) is 30.6 Å². The van der Waals surface area contributed by atoms with Crippen molar-refractivity contribution in [3.8, 4) is 0 Å². The van der Waals surface area contributed by atoms with Gasteiger partial charge in [0.1, 0.15) is 5.84 Å². The molecule has 1 aromatic heterocycles. The van der Waals surface area contributed by atoms with Crippen LogP contribution in [-0.4, -0.2) is 48.9 Å². The molecule has 0 aliphatic carbocycles. The summed E-state index contributed by atoms with van der Waals surface area (Å²) in [6.07, 6.45) is 5.30. The molecule has 0 saturated carbocycles. The van der Waals surface area contributed by atoms with Gasteiger partial charge in [0.15, 0.2) is 0 Å². The van der Waals surface area contributed by atoms with Gasteiger partial charge < -0.3 is 10.2 Å². The van der Waals surface area contributed by atoms with Crippen LogP contribution in [-0.2, 0) is 10.0 Å². The number of sulfonamides is 1. The van der Waals surface area contributed by atoms with Crippen molar-refractivity contribution >= 4 is 38.4 Å². The van der Waals surface area contributed by atoms with Gasteiger partial charge in [0.2, 0.25) is 0 Å². The Kier molecular flexibility index (Phi) is 5.54. The van der Waals surface area contributed by atoms with Crippen LogP contribution in [0.3, 0.4) is 0 Å². The first kappa shape index (κ1) is 20.1. The number of amides is 1. The molecule has 2 N–H and O–H groups in total. The molecule has 2 heterocycles. The highest BCUT2D eigenvalue weighted by atomic mass is 32.2. The van der Waals surface area contributed by atoms with Gasteiger partial charge in [-0.3, -0.25) is 9.89 Å². The standard InChI is InChI=1S/C21H23N5O3S/c1-26-12-4-2-3-11-19(26)25-30(28,29)17-9-6-8-16(13-17)23-21(27)18-10-5-7-15-14-22-24-20(15)18/h5-10,13-14H,2-4,11-12H2,1H3,(H,22,24)(H,23,27)/b25-19-. The summed E-state index contributed by atoms with van der Waals surface area (Å²) in [6, 6.07) is 11.5. The summed E-state index contributed by atoms with van der Waals surface area (Å²) >= 11 is 0. The second kappa shape index (κ2) is 8.27. The fraction of sp³-hybridized carbons (Fsp3) is 0.286. The summed E-state index contributed by atoms with van der Waals surface area (Å²) in [7, 11) is -2.01. The quantitative estimate of drug-likeness (QED) is 0.666. The van der Waals surface area contributed by atoms with Crippen LogP contribution in [0.1, 0.15) is 36.0 Å². The predicted octanol–water partition coefficient (Wildman–Crippen LogP) is 3.41. The average Bonchev–Trinajstić information content (AvgIpc) is 3.13. The minimum absolute atomic E-state index is 0.0465. The number of nitrogens with zero attached hydrogens (tertiary/aromatic N) is 3. The topological polar surface area (TPSA) is 108 Å². The second-order valence-electron chi connectivity index (χ2n) is 7.34. The first-order valence-electron chi connectivity index (χ1n) is 9.82. The van der Waals surface area contributed by atoms with E-state index in [2.05, 4.69) is 19.9 Å². The molecule has 0 spiro atoms. The third-order valence-corrected chi connectivity index (χ3v) is 6.47. The highest BCUT2D eigenvalue weighted by Crippen LogP contribution is 2.22. The van der Waals surface area contributed by atoms with Gasteiger partial charge in [0.05, 0.1) is 22.2 Å². The number of rotatable bonds is 4. The van der Waals surface area contributed by atoms with E-state index in [0.29, 0.717) is 29.0 Å². The molecule has 0 radical (unpaired) electrons. The third kappa shape index (κ3) is 4.20. The van der Waals surface area contributed by atoms with E-state index >= 15 is 0 Å². The average molecular weight is 426 g/mol. The van der Waals surface area contributed by atoms with E-state index in [1.165, 1.54) is 12.1 Å². The number of hydrogen-bond donors (Lipinski definition) is 2. The Morgan fingerprint density at radius 1 is 1.17 bits per heavy atom. The molecule has 9 heteroatoms. The lowest BCUT2D eigenvalue weighted by Crippen LogP contribution is -2.26. The molecule has 156 valence electrons. The largest absolute Gasteiger partial charge is 0.362 e. The number of anilines is 1. The van der Waals surface area contributed by atoms with Crippen LogP contribution in [0, 0.1) is 0 Å². The minimum atomic E-state index is -3.88. The lowest BCUT2D eigenvalue weighted by molar-refractivity contribution is 0.102. The lowest BCUT2D eigenvalue weighted by atomic mass is 10.1. The number of hydrogen-bond acceptors (Lipinski definition) is 4. The molecule has 8 nitrogen and oxygen atoms in total. The maximum atomic E-state index is 12.9. The number of aromatic nitrogens is 2. The van der Waals surface area contributed by atoms with E-state index in [4.69, 9.17) is 0 Å². The van der Waals surface area contributed by atoms with E-state index in [1.807, 2.05) is 18.0 Å². The summed E-state index contributed by atoms with van der Waals surface area (Å²) in [5.74, 6) is 0.224. The molecule has 3 aromatic rings. The molecule has 0 unspecified atom stereocenters. The molecule has 0 bridgehead atoms. The van der Waals surface area contributed by atoms with Gasteiger partial charge in [0.25, 0.3) is 15.9 Å². The second-order valence-corrected chi connectivity index (χ2v) is 8.94. The Morgan fingerprint density at radius 3 is 2.87 bits per heavy atom. The number of aromatic amines is 1. The van der Waals surface area contributed by atoms with Gasteiger partial charge in [-0.25, -0.2) is 0 Å². The Balaban J connectivity index is 1.59. The molecular weight excluding hydrogens is 402 g/mol. The van der Waals surface area contributed by atoms with Crippen molar-refractivity contribution in [3.63, 3.8) is 0 Å². The molecule has 1 saturated heterocycles. The first-order chi connectivity index (χ1) is 14.4. The molecule has 1 fully saturated rings. The van der Waals surface area contributed by atoms with Crippen molar-refractivity contribution in [1.29, 1.82) is 0 Å². The summed E-state index contributed by atoms with van der Waals surface area (Å²) < 4.78 is 29.8. The van der Waals surface area contributed by atoms with Crippen LogP contribution in [0.5, 0.6) is 0 Å². The fourth-order valence-electron chi connectivity index (χ4n) is 3.53. The van der Waals surface area contributed by atoms with E-state index in [1.54, 1.807) is 30.5 Å². The highest BCUT2D eigenvalue weighted by molar-refractivity contribution is 7.90. The Hall–Kier alpha value is -3.20. The number of nitrogens with one attached hydrogen (secondary N) is 2. The normalized spacial score (nSPS) is 16.6. The van der Waals surface area contributed by atoms with E-state index in [0.717, 1.165) is 31.2 Å². The SMILES string of the molecule is CN1CCCCC/C1=N/S(=O)(=O)c1cccc(NC(=O)c2cccc3cn[nH]c23)c1. The molecular formula is C21H23N5O3S. The molecule has 1 aliphatic heterocycles. The van der Waals surface area contributed by atoms with E-state index < -0.39 is 10.0 Å². The molecule has 0 atom stereocenters. The number of benzene rings is 2.